The molecule has 0 radical (unpaired) electrons. The smallest absolute Gasteiger partial charge is 0.226 e. The van der Waals surface area contributed by atoms with Gasteiger partial charge in [-0.1, -0.05) is 29.8 Å². The van der Waals surface area contributed by atoms with Crippen LogP contribution in [0.4, 0.5) is 5.82 Å². The minimum Gasteiger partial charge on any atom is -0.353 e. The molecule has 2 atom stereocenters. The molecule has 2 fully saturated rings. The summed E-state index contributed by atoms with van der Waals surface area (Å²) in [6.07, 6.45) is 3.66. The Balaban J connectivity index is 1.37. The normalized spacial score (nSPS) is 23.2. The van der Waals surface area contributed by atoms with Crippen LogP contribution in [0.3, 0.4) is 0 Å². The fourth-order valence-electron chi connectivity index (χ4n) is 3.80. The highest BCUT2D eigenvalue weighted by molar-refractivity contribution is 5.83. The molecule has 25 heavy (non-hydrogen) atoms. The van der Waals surface area contributed by atoms with E-state index >= 15 is 0 Å². The second-order valence-electron chi connectivity index (χ2n) is 7.11. The molecule has 5 nitrogen and oxygen atoms in total. The van der Waals surface area contributed by atoms with E-state index in [1.807, 2.05) is 12.1 Å². The van der Waals surface area contributed by atoms with Crippen LogP contribution in [0.1, 0.15) is 29.9 Å². The molecule has 4 rings (SSSR count). The average molecular weight is 336 g/mol. The summed E-state index contributed by atoms with van der Waals surface area (Å²) in [5, 5.41) is 8.16. The predicted octanol–water partition coefficient (Wildman–Crippen LogP) is 2.63. The Labute approximate surface area is 148 Å². The summed E-state index contributed by atoms with van der Waals surface area (Å²) in [5.41, 5.74) is 2.58. The lowest BCUT2D eigenvalue weighted by Crippen LogP contribution is -2.36. The molecular weight excluding hydrogens is 312 g/mol. The van der Waals surface area contributed by atoms with Crippen LogP contribution < -0.4 is 4.90 Å². The van der Waals surface area contributed by atoms with E-state index in [4.69, 9.17) is 0 Å². The van der Waals surface area contributed by atoms with Crippen molar-refractivity contribution < 1.29 is 4.79 Å². The van der Waals surface area contributed by atoms with Gasteiger partial charge in [-0.3, -0.25) is 4.79 Å². The molecule has 5 heteroatoms. The number of carbonyl (C=O) groups excluding carboxylic acids is 1. The Bertz CT molecular complexity index is 748. The van der Waals surface area contributed by atoms with Gasteiger partial charge < -0.3 is 9.80 Å². The predicted molar refractivity (Wildman–Crippen MR) is 97.5 cm³/mol. The lowest BCUT2D eigenvalue weighted by molar-refractivity contribution is -0.132. The highest BCUT2D eigenvalue weighted by Crippen LogP contribution is 2.48. The van der Waals surface area contributed by atoms with Gasteiger partial charge in [0.05, 0.1) is 0 Å². The Morgan fingerprint density at radius 2 is 2.04 bits per heavy atom. The Morgan fingerprint density at radius 3 is 2.84 bits per heavy atom. The fourth-order valence-corrected chi connectivity index (χ4v) is 3.80. The lowest BCUT2D eigenvalue weighted by Gasteiger charge is -2.22. The van der Waals surface area contributed by atoms with Gasteiger partial charge >= 0.3 is 0 Å². The highest BCUT2D eigenvalue weighted by Gasteiger charge is 2.45. The number of carbonyl (C=O) groups is 1. The van der Waals surface area contributed by atoms with Crippen LogP contribution in [0.15, 0.2) is 42.6 Å². The van der Waals surface area contributed by atoms with Gasteiger partial charge in [-0.15, -0.1) is 5.10 Å². The molecule has 0 spiro atoms. The van der Waals surface area contributed by atoms with Crippen molar-refractivity contribution in [2.75, 3.05) is 31.1 Å². The average Bonchev–Trinajstić information content (AvgIpc) is 3.45. The Morgan fingerprint density at radius 1 is 1.12 bits per heavy atom. The van der Waals surface area contributed by atoms with E-state index in [-0.39, 0.29) is 5.92 Å². The van der Waals surface area contributed by atoms with E-state index in [0.29, 0.717) is 11.8 Å². The molecule has 0 bridgehead atoms. The third-order valence-electron chi connectivity index (χ3n) is 5.27. The van der Waals surface area contributed by atoms with Gasteiger partial charge in [0.25, 0.3) is 0 Å². The number of aromatic nitrogens is 2. The van der Waals surface area contributed by atoms with Crippen molar-refractivity contribution in [1.82, 2.24) is 15.1 Å². The summed E-state index contributed by atoms with van der Waals surface area (Å²) in [7, 11) is 0. The minimum absolute atomic E-state index is 0.171. The molecule has 1 saturated heterocycles. The van der Waals surface area contributed by atoms with Gasteiger partial charge in [0, 0.05) is 38.3 Å². The minimum atomic E-state index is 0.171. The zero-order valence-corrected chi connectivity index (χ0v) is 14.6. The first kappa shape index (κ1) is 16.1. The molecule has 2 aliphatic rings. The first-order chi connectivity index (χ1) is 12.2. The maximum absolute atomic E-state index is 12.9. The van der Waals surface area contributed by atoms with E-state index < -0.39 is 0 Å². The van der Waals surface area contributed by atoms with Gasteiger partial charge in [-0.2, -0.15) is 5.10 Å². The van der Waals surface area contributed by atoms with Crippen molar-refractivity contribution in [3.05, 3.63) is 53.7 Å². The topological polar surface area (TPSA) is 49.3 Å². The van der Waals surface area contributed by atoms with Gasteiger partial charge in [0.1, 0.15) is 0 Å². The van der Waals surface area contributed by atoms with E-state index in [9.17, 15) is 4.79 Å². The van der Waals surface area contributed by atoms with Crippen molar-refractivity contribution in [1.29, 1.82) is 0 Å². The lowest BCUT2D eigenvalue weighted by atomic mass is 10.1. The summed E-state index contributed by atoms with van der Waals surface area (Å²) in [5.74, 6) is 1.81. The van der Waals surface area contributed by atoms with E-state index in [0.717, 1.165) is 44.8 Å². The molecule has 1 aliphatic heterocycles. The van der Waals surface area contributed by atoms with Crippen LogP contribution in [-0.2, 0) is 4.79 Å². The van der Waals surface area contributed by atoms with Crippen molar-refractivity contribution in [3.63, 3.8) is 0 Å². The van der Waals surface area contributed by atoms with Gasteiger partial charge in [0.15, 0.2) is 5.82 Å². The van der Waals surface area contributed by atoms with Gasteiger partial charge in [-0.25, -0.2) is 0 Å². The second-order valence-corrected chi connectivity index (χ2v) is 7.11. The molecule has 0 N–H and O–H groups in total. The summed E-state index contributed by atoms with van der Waals surface area (Å²) in [6, 6.07) is 12.5. The third-order valence-corrected chi connectivity index (χ3v) is 5.27. The summed E-state index contributed by atoms with van der Waals surface area (Å²) < 4.78 is 0. The summed E-state index contributed by atoms with van der Waals surface area (Å²) >= 11 is 0. The zero-order chi connectivity index (χ0) is 17.2. The number of rotatable bonds is 3. The fraction of sp³-hybridized carbons (Fsp3) is 0.450. The SMILES string of the molecule is Cc1cccc([C@@H]2C[C@@H]2C(=O)N2CCCN(c3cccnn3)CC2)c1. The molecule has 0 unspecified atom stereocenters. The van der Waals surface area contributed by atoms with Crippen LogP contribution in [0.5, 0.6) is 0 Å². The molecule has 1 saturated carbocycles. The van der Waals surface area contributed by atoms with Crippen LogP contribution in [0, 0.1) is 12.8 Å². The standard InChI is InChI=1S/C20H24N4O/c1-15-5-2-6-16(13-15)17-14-18(17)20(25)24-10-4-9-23(11-12-24)19-7-3-8-21-22-19/h2-3,5-8,13,17-18H,4,9-12,14H2,1H3/t17-,18-/m0/s1. The van der Waals surface area contributed by atoms with Crippen molar-refractivity contribution >= 4 is 11.7 Å². The van der Waals surface area contributed by atoms with E-state index in [2.05, 4.69) is 51.2 Å². The van der Waals surface area contributed by atoms with Crippen molar-refractivity contribution in [2.45, 2.75) is 25.7 Å². The molecule has 130 valence electrons. The zero-order valence-electron chi connectivity index (χ0n) is 14.6. The number of hydrogen-bond donors (Lipinski definition) is 0. The van der Waals surface area contributed by atoms with E-state index in [1.165, 1.54) is 11.1 Å². The monoisotopic (exact) mass is 336 g/mol. The third kappa shape index (κ3) is 3.50. The Hall–Kier alpha value is -2.43. The number of hydrogen-bond acceptors (Lipinski definition) is 4. The Kier molecular flexibility index (Phi) is 4.38. The molecule has 2 aromatic rings. The van der Waals surface area contributed by atoms with Crippen LogP contribution in [0.25, 0.3) is 0 Å². The number of aryl methyl sites for hydroxylation is 1. The largest absolute Gasteiger partial charge is 0.353 e. The number of benzene rings is 1. The van der Waals surface area contributed by atoms with Crippen molar-refractivity contribution in [2.24, 2.45) is 5.92 Å². The molecular formula is C20H24N4O. The molecule has 2 heterocycles. The van der Waals surface area contributed by atoms with Gasteiger partial charge in [-0.05, 0) is 43.4 Å². The van der Waals surface area contributed by atoms with Crippen molar-refractivity contribution in [3.8, 4) is 0 Å². The van der Waals surface area contributed by atoms with Crippen LogP contribution in [-0.4, -0.2) is 47.2 Å². The molecule has 1 aromatic carbocycles. The molecule has 1 aliphatic carbocycles. The van der Waals surface area contributed by atoms with Gasteiger partial charge in [0.2, 0.25) is 5.91 Å². The number of nitrogens with zero attached hydrogens (tertiary/aromatic N) is 4. The second kappa shape index (κ2) is 6.82. The quantitative estimate of drug-likeness (QED) is 0.864. The maximum Gasteiger partial charge on any atom is 0.226 e. The first-order valence-electron chi connectivity index (χ1n) is 9.10. The number of anilines is 1. The van der Waals surface area contributed by atoms with E-state index in [1.54, 1.807) is 6.20 Å². The maximum atomic E-state index is 12.9. The highest BCUT2D eigenvalue weighted by atomic mass is 16.2. The summed E-state index contributed by atoms with van der Waals surface area (Å²) in [6.45, 7) is 5.47. The van der Waals surface area contributed by atoms with Crippen LogP contribution >= 0.6 is 0 Å². The molecule has 1 amide bonds. The molecule has 1 aromatic heterocycles. The summed E-state index contributed by atoms with van der Waals surface area (Å²) in [4.78, 5) is 17.2. The van der Waals surface area contributed by atoms with Crippen LogP contribution in [0.2, 0.25) is 0 Å². The first-order valence-corrected chi connectivity index (χ1v) is 9.10. The number of amides is 1.